The van der Waals surface area contributed by atoms with Gasteiger partial charge in [0.15, 0.2) is 8.32 Å². The van der Waals surface area contributed by atoms with Gasteiger partial charge in [-0.15, -0.1) is 0 Å². The van der Waals surface area contributed by atoms with E-state index in [0.29, 0.717) is 13.2 Å². The second-order valence-electron chi connectivity index (χ2n) is 5.78. The molecule has 0 heterocycles. The molecule has 0 radical (unpaired) electrons. The van der Waals surface area contributed by atoms with Crippen molar-refractivity contribution in [3.05, 3.63) is 35.9 Å². The largest absolute Gasteiger partial charge is 0.415 e. The molecule has 0 saturated heterocycles. The van der Waals surface area contributed by atoms with Crippen LogP contribution in [0.15, 0.2) is 30.3 Å². The highest BCUT2D eigenvalue weighted by Crippen LogP contribution is 2.16. The molecule has 0 aliphatic rings. The lowest BCUT2D eigenvalue weighted by molar-refractivity contribution is -0.0246. The minimum atomic E-state index is -1.60. The van der Waals surface area contributed by atoms with Gasteiger partial charge in [0, 0.05) is 0 Å². The van der Waals surface area contributed by atoms with Gasteiger partial charge in [0.1, 0.15) is 6.10 Å². The number of aliphatic hydroxyl groups is 1. The first kappa shape index (κ1) is 17.4. The number of hydrogen-bond donors (Lipinski definition) is 1. The van der Waals surface area contributed by atoms with E-state index in [4.69, 9.17) is 9.16 Å². The van der Waals surface area contributed by atoms with Crippen LogP contribution in [0.1, 0.15) is 25.3 Å². The lowest BCUT2D eigenvalue weighted by atomic mass is 10.2. The van der Waals surface area contributed by atoms with Gasteiger partial charge in [-0.3, -0.25) is 0 Å². The molecule has 4 heteroatoms. The number of hydrogen-bond acceptors (Lipinski definition) is 3. The summed E-state index contributed by atoms with van der Waals surface area (Å²) in [7, 11) is -1.60. The van der Waals surface area contributed by atoms with Gasteiger partial charge in [-0.05, 0) is 24.7 Å². The quantitative estimate of drug-likeness (QED) is 0.671. The highest BCUT2D eigenvalue weighted by molar-refractivity contribution is 6.71. The Morgan fingerprint density at radius 2 is 1.90 bits per heavy atom. The number of ether oxygens (including phenoxy) is 1. The second-order valence-corrected chi connectivity index (χ2v) is 10.1. The first-order valence-corrected chi connectivity index (χ1v) is 10.6. The van der Waals surface area contributed by atoms with E-state index in [0.717, 1.165) is 5.56 Å². The fourth-order valence-corrected chi connectivity index (χ4v) is 3.92. The average Bonchev–Trinajstić information content (AvgIpc) is 2.46. The van der Waals surface area contributed by atoms with Gasteiger partial charge in [-0.1, -0.05) is 50.1 Å². The van der Waals surface area contributed by atoms with Crippen LogP contribution in [0, 0.1) is 0 Å². The maximum Gasteiger partial charge on any atom is 0.186 e. The van der Waals surface area contributed by atoms with Crippen LogP contribution >= 0.6 is 0 Å². The van der Waals surface area contributed by atoms with E-state index in [2.05, 4.69) is 20.0 Å². The smallest absolute Gasteiger partial charge is 0.186 e. The molecule has 0 amide bonds. The van der Waals surface area contributed by atoms with Gasteiger partial charge >= 0.3 is 0 Å². The van der Waals surface area contributed by atoms with Crippen molar-refractivity contribution in [3.63, 3.8) is 0 Å². The first-order chi connectivity index (χ1) is 9.57. The Bertz CT molecular complexity index is 354. The van der Waals surface area contributed by atoms with E-state index in [1.807, 2.05) is 30.3 Å². The topological polar surface area (TPSA) is 38.7 Å². The van der Waals surface area contributed by atoms with Crippen LogP contribution in [0.3, 0.4) is 0 Å². The van der Waals surface area contributed by atoms with Crippen molar-refractivity contribution in [3.8, 4) is 0 Å². The molecule has 1 atom stereocenters. The van der Waals surface area contributed by atoms with Crippen LogP contribution in [-0.4, -0.2) is 32.7 Å². The molecule has 0 spiro atoms. The van der Waals surface area contributed by atoms with Crippen molar-refractivity contribution in [2.45, 2.75) is 51.6 Å². The summed E-state index contributed by atoms with van der Waals surface area (Å²) in [6.45, 7) is 7.68. The summed E-state index contributed by atoms with van der Waals surface area (Å²) in [4.78, 5) is 0. The maximum absolute atomic E-state index is 9.39. The molecule has 0 aromatic heterocycles. The van der Waals surface area contributed by atoms with E-state index in [1.54, 1.807) is 0 Å². The Labute approximate surface area is 124 Å². The first-order valence-electron chi connectivity index (χ1n) is 7.47. The maximum atomic E-state index is 9.39. The third kappa shape index (κ3) is 7.19. The van der Waals surface area contributed by atoms with Gasteiger partial charge < -0.3 is 14.3 Å². The second kappa shape index (κ2) is 9.29. The fourth-order valence-electron chi connectivity index (χ4n) is 1.94. The number of aliphatic hydroxyl groups excluding tert-OH is 1. The van der Waals surface area contributed by atoms with Crippen LogP contribution in [0.5, 0.6) is 0 Å². The van der Waals surface area contributed by atoms with E-state index in [1.165, 1.54) is 18.9 Å². The number of rotatable bonds is 10. The van der Waals surface area contributed by atoms with Crippen molar-refractivity contribution in [2.75, 3.05) is 13.2 Å². The fraction of sp³-hybridized carbons (Fsp3) is 0.625. The summed E-state index contributed by atoms with van der Waals surface area (Å²) in [6, 6.07) is 11.2. The molecule has 0 aliphatic carbocycles. The average molecular weight is 296 g/mol. The SMILES string of the molecule is CCCC[Si](C)(C)OCC(CO)OCc1ccccc1. The lowest BCUT2D eigenvalue weighted by Gasteiger charge is -2.25. The number of benzene rings is 1. The summed E-state index contributed by atoms with van der Waals surface area (Å²) in [5.41, 5.74) is 1.12. The molecule has 0 bridgehead atoms. The van der Waals surface area contributed by atoms with E-state index < -0.39 is 8.32 Å². The minimum absolute atomic E-state index is 0.00505. The monoisotopic (exact) mass is 296 g/mol. The predicted octanol–water partition coefficient (Wildman–Crippen LogP) is 3.59. The Kier molecular flexibility index (Phi) is 8.07. The van der Waals surface area contributed by atoms with Gasteiger partial charge in [0.25, 0.3) is 0 Å². The van der Waals surface area contributed by atoms with Crippen molar-refractivity contribution in [1.29, 1.82) is 0 Å². The van der Waals surface area contributed by atoms with Crippen molar-refractivity contribution >= 4 is 8.32 Å². The van der Waals surface area contributed by atoms with Crippen LogP contribution in [0.2, 0.25) is 19.1 Å². The lowest BCUT2D eigenvalue weighted by Crippen LogP contribution is -2.35. The van der Waals surface area contributed by atoms with Gasteiger partial charge in [-0.2, -0.15) is 0 Å². The molecule has 1 N–H and O–H groups in total. The summed E-state index contributed by atoms with van der Waals surface area (Å²) in [6.07, 6.45) is 2.19. The van der Waals surface area contributed by atoms with Crippen LogP contribution in [-0.2, 0) is 15.8 Å². The number of unbranched alkanes of at least 4 members (excludes halogenated alkanes) is 1. The third-order valence-corrected chi connectivity index (χ3v) is 5.83. The molecular weight excluding hydrogens is 268 g/mol. The molecular formula is C16H28O3Si. The highest BCUT2D eigenvalue weighted by atomic mass is 28.4. The normalized spacial score (nSPS) is 13.4. The molecule has 20 heavy (non-hydrogen) atoms. The standard InChI is InChI=1S/C16H28O3Si/c1-4-5-11-20(2,3)19-14-16(12-17)18-13-15-9-7-6-8-10-15/h6-10,16-17H,4-5,11-14H2,1-3H3. The Hall–Kier alpha value is -0.683. The van der Waals surface area contributed by atoms with Crippen LogP contribution < -0.4 is 0 Å². The molecule has 114 valence electrons. The summed E-state index contributed by atoms with van der Waals surface area (Å²) in [5.74, 6) is 0. The zero-order chi connectivity index (χ0) is 14.8. The molecule has 1 unspecified atom stereocenters. The van der Waals surface area contributed by atoms with Gasteiger partial charge in [0.2, 0.25) is 0 Å². The Morgan fingerprint density at radius 3 is 2.50 bits per heavy atom. The molecule has 0 saturated carbocycles. The van der Waals surface area contributed by atoms with Crippen molar-refractivity contribution < 1.29 is 14.3 Å². The predicted molar refractivity (Wildman–Crippen MR) is 85.3 cm³/mol. The van der Waals surface area contributed by atoms with Crippen LogP contribution in [0.4, 0.5) is 0 Å². The third-order valence-electron chi connectivity index (χ3n) is 3.32. The van der Waals surface area contributed by atoms with Crippen LogP contribution in [0.25, 0.3) is 0 Å². The molecule has 3 nitrogen and oxygen atoms in total. The van der Waals surface area contributed by atoms with Crippen molar-refractivity contribution in [1.82, 2.24) is 0 Å². The minimum Gasteiger partial charge on any atom is -0.415 e. The molecule has 1 aromatic carbocycles. The Morgan fingerprint density at radius 1 is 1.20 bits per heavy atom. The van der Waals surface area contributed by atoms with E-state index >= 15 is 0 Å². The van der Waals surface area contributed by atoms with E-state index in [-0.39, 0.29) is 12.7 Å². The molecule has 0 aliphatic heterocycles. The Balaban J connectivity index is 2.32. The highest BCUT2D eigenvalue weighted by Gasteiger charge is 2.23. The van der Waals surface area contributed by atoms with Gasteiger partial charge in [-0.25, -0.2) is 0 Å². The summed E-state index contributed by atoms with van der Waals surface area (Å²) < 4.78 is 11.8. The summed E-state index contributed by atoms with van der Waals surface area (Å²) in [5, 5.41) is 9.39. The zero-order valence-corrected chi connectivity index (χ0v) is 14.0. The molecule has 0 fully saturated rings. The summed E-state index contributed by atoms with van der Waals surface area (Å²) >= 11 is 0. The molecule has 1 aromatic rings. The van der Waals surface area contributed by atoms with E-state index in [9.17, 15) is 5.11 Å². The zero-order valence-electron chi connectivity index (χ0n) is 13.0. The molecule has 1 rings (SSSR count). The van der Waals surface area contributed by atoms with Crippen molar-refractivity contribution in [2.24, 2.45) is 0 Å². The van der Waals surface area contributed by atoms with Gasteiger partial charge in [0.05, 0.1) is 19.8 Å².